The van der Waals surface area contributed by atoms with Crippen LogP contribution < -0.4 is 0 Å². The third kappa shape index (κ3) is 2.06. The Morgan fingerprint density at radius 3 is 2.57 bits per heavy atom. The largest absolute Gasteiger partial charge is 0.300 e. The van der Waals surface area contributed by atoms with Crippen LogP contribution in [0.25, 0.3) is 0 Å². The first-order chi connectivity index (χ1) is 10.9. The number of ketones is 2. The molecule has 3 fully saturated rings. The van der Waals surface area contributed by atoms with Gasteiger partial charge in [-0.15, -0.1) is 0 Å². The van der Waals surface area contributed by atoms with E-state index in [-0.39, 0.29) is 10.8 Å². The van der Waals surface area contributed by atoms with Crippen molar-refractivity contribution in [2.45, 2.75) is 72.1 Å². The van der Waals surface area contributed by atoms with Gasteiger partial charge >= 0.3 is 0 Å². The van der Waals surface area contributed by atoms with Crippen LogP contribution in [0.5, 0.6) is 0 Å². The van der Waals surface area contributed by atoms with Crippen LogP contribution in [-0.4, -0.2) is 11.6 Å². The summed E-state index contributed by atoms with van der Waals surface area (Å²) in [5.74, 6) is 3.29. The van der Waals surface area contributed by atoms with Gasteiger partial charge in [0.05, 0.1) is 0 Å². The van der Waals surface area contributed by atoms with E-state index in [0.717, 1.165) is 43.4 Å². The lowest BCUT2D eigenvalue weighted by atomic mass is 9.47. The summed E-state index contributed by atoms with van der Waals surface area (Å²) in [5.41, 5.74) is 1.95. The van der Waals surface area contributed by atoms with E-state index in [1.54, 1.807) is 6.92 Å². The average molecular weight is 314 g/mol. The number of hydrogen-bond acceptors (Lipinski definition) is 2. The third-order valence-electron chi connectivity index (χ3n) is 8.45. The molecule has 0 aromatic carbocycles. The van der Waals surface area contributed by atoms with Crippen LogP contribution in [0.1, 0.15) is 72.1 Å². The summed E-state index contributed by atoms with van der Waals surface area (Å²) >= 11 is 0. The summed E-state index contributed by atoms with van der Waals surface area (Å²) in [7, 11) is 0. The van der Waals surface area contributed by atoms with Crippen molar-refractivity contribution in [1.82, 2.24) is 0 Å². The van der Waals surface area contributed by atoms with Gasteiger partial charge in [0.15, 0.2) is 5.78 Å². The SMILES string of the molecule is CC(=O)[C@H]1CC[C@H]2[C@@H]3CCC4=CC(=O)CC[C@@]4(C)[C@@H]3CCC12C. The van der Waals surface area contributed by atoms with Crippen molar-refractivity contribution in [1.29, 1.82) is 0 Å². The number of carbonyl (C=O) groups excluding carboxylic acids is 2. The topological polar surface area (TPSA) is 34.1 Å². The summed E-state index contributed by atoms with van der Waals surface area (Å²) in [6.45, 7) is 6.65. The maximum absolute atomic E-state index is 12.1. The zero-order valence-corrected chi connectivity index (χ0v) is 14.9. The van der Waals surface area contributed by atoms with E-state index in [0.29, 0.717) is 17.5 Å². The Balaban J connectivity index is 1.67. The first-order valence-electron chi connectivity index (χ1n) is 9.60. The molecule has 23 heavy (non-hydrogen) atoms. The van der Waals surface area contributed by atoms with E-state index < -0.39 is 0 Å². The second-order valence-corrected chi connectivity index (χ2v) is 9.25. The molecule has 6 atom stereocenters. The Hall–Kier alpha value is -0.920. The number of Topliss-reactive ketones (excluding diaryl/α,β-unsaturated/α-hetero) is 1. The molecule has 126 valence electrons. The highest BCUT2D eigenvalue weighted by atomic mass is 16.1. The van der Waals surface area contributed by atoms with E-state index in [4.69, 9.17) is 0 Å². The first kappa shape index (κ1) is 15.6. The maximum Gasteiger partial charge on any atom is 0.155 e. The van der Waals surface area contributed by atoms with Crippen LogP contribution in [0.3, 0.4) is 0 Å². The van der Waals surface area contributed by atoms with Gasteiger partial charge in [-0.25, -0.2) is 0 Å². The van der Waals surface area contributed by atoms with Gasteiger partial charge in [0.2, 0.25) is 0 Å². The van der Waals surface area contributed by atoms with Crippen LogP contribution >= 0.6 is 0 Å². The fourth-order valence-corrected chi connectivity index (χ4v) is 7.23. The number of hydrogen-bond donors (Lipinski definition) is 0. The highest BCUT2D eigenvalue weighted by molar-refractivity contribution is 5.91. The monoisotopic (exact) mass is 314 g/mol. The van der Waals surface area contributed by atoms with Gasteiger partial charge in [0.1, 0.15) is 5.78 Å². The van der Waals surface area contributed by atoms with Crippen molar-refractivity contribution in [2.24, 2.45) is 34.5 Å². The van der Waals surface area contributed by atoms with Crippen LogP contribution in [0.15, 0.2) is 11.6 Å². The minimum Gasteiger partial charge on any atom is -0.300 e. The van der Waals surface area contributed by atoms with Crippen molar-refractivity contribution in [3.63, 3.8) is 0 Å². The summed E-state index contributed by atoms with van der Waals surface area (Å²) in [6.07, 6.45) is 10.9. The number of carbonyl (C=O) groups is 2. The Bertz CT molecular complexity index is 589. The van der Waals surface area contributed by atoms with E-state index in [1.807, 2.05) is 6.08 Å². The predicted octanol–water partition coefficient (Wildman–Crippen LogP) is 4.72. The summed E-state index contributed by atoms with van der Waals surface area (Å²) in [5, 5.41) is 0. The van der Waals surface area contributed by atoms with E-state index in [9.17, 15) is 9.59 Å². The molecule has 4 aliphatic rings. The summed E-state index contributed by atoms with van der Waals surface area (Å²) in [6, 6.07) is 0. The average Bonchev–Trinajstić information content (AvgIpc) is 2.85. The second-order valence-electron chi connectivity index (χ2n) is 9.25. The molecular weight excluding hydrogens is 284 g/mol. The van der Waals surface area contributed by atoms with Crippen molar-refractivity contribution in [2.75, 3.05) is 0 Å². The lowest BCUT2D eigenvalue weighted by Gasteiger charge is -2.58. The molecule has 0 aliphatic heterocycles. The smallest absolute Gasteiger partial charge is 0.155 e. The molecule has 0 saturated heterocycles. The van der Waals surface area contributed by atoms with Crippen molar-refractivity contribution >= 4 is 11.6 Å². The van der Waals surface area contributed by atoms with Gasteiger partial charge in [-0.3, -0.25) is 9.59 Å². The normalized spacial score (nSPS) is 49.0. The van der Waals surface area contributed by atoms with Crippen molar-refractivity contribution < 1.29 is 9.59 Å². The Kier molecular flexibility index (Phi) is 3.42. The van der Waals surface area contributed by atoms with Gasteiger partial charge in [0, 0.05) is 12.3 Å². The lowest BCUT2D eigenvalue weighted by molar-refractivity contribution is -0.128. The number of rotatable bonds is 1. The Morgan fingerprint density at radius 2 is 1.83 bits per heavy atom. The quantitative estimate of drug-likeness (QED) is 0.701. The molecule has 0 heterocycles. The minimum absolute atomic E-state index is 0.245. The molecule has 0 bridgehead atoms. The maximum atomic E-state index is 12.1. The van der Waals surface area contributed by atoms with Crippen LogP contribution in [-0.2, 0) is 9.59 Å². The third-order valence-corrected chi connectivity index (χ3v) is 8.45. The molecule has 0 aromatic heterocycles. The zero-order valence-electron chi connectivity index (χ0n) is 14.9. The van der Waals surface area contributed by atoms with E-state index in [2.05, 4.69) is 13.8 Å². The van der Waals surface area contributed by atoms with Crippen LogP contribution in [0.2, 0.25) is 0 Å². The summed E-state index contributed by atoms with van der Waals surface area (Å²) < 4.78 is 0. The molecule has 0 N–H and O–H groups in total. The first-order valence-corrected chi connectivity index (χ1v) is 9.60. The van der Waals surface area contributed by atoms with Crippen LogP contribution in [0.4, 0.5) is 0 Å². The van der Waals surface area contributed by atoms with E-state index in [1.165, 1.54) is 31.3 Å². The Labute approximate surface area is 140 Å². The van der Waals surface area contributed by atoms with Gasteiger partial charge < -0.3 is 0 Å². The molecule has 1 unspecified atom stereocenters. The zero-order chi connectivity index (χ0) is 16.4. The van der Waals surface area contributed by atoms with Gasteiger partial charge in [-0.2, -0.15) is 0 Å². The van der Waals surface area contributed by atoms with Crippen molar-refractivity contribution in [3.8, 4) is 0 Å². The fraction of sp³-hybridized carbons (Fsp3) is 0.810. The molecule has 0 spiro atoms. The lowest BCUT2D eigenvalue weighted by Crippen LogP contribution is -2.51. The van der Waals surface area contributed by atoms with Gasteiger partial charge in [-0.05, 0) is 86.5 Å². The molecule has 0 aromatic rings. The molecule has 2 nitrogen and oxygen atoms in total. The second kappa shape index (κ2) is 5.04. The molecular formula is C21H30O2. The summed E-state index contributed by atoms with van der Waals surface area (Å²) in [4.78, 5) is 24.0. The highest BCUT2D eigenvalue weighted by Gasteiger charge is 2.59. The molecule has 4 aliphatic carbocycles. The fourth-order valence-electron chi connectivity index (χ4n) is 7.23. The molecule has 4 rings (SSSR count). The molecule has 3 saturated carbocycles. The van der Waals surface area contributed by atoms with E-state index >= 15 is 0 Å². The molecule has 2 heteroatoms. The van der Waals surface area contributed by atoms with Crippen molar-refractivity contribution in [3.05, 3.63) is 11.6 Å². The minimum atomic E-state index is 0.245. The predicted molar refractivity (Wildman–Crippen MR) is 90.9 cm³/mol. The molecule has 0 amide bonds. The highest BCUT2D eigenvalue weighted by Crippen LogP contribution is 2.66. The van der Waals surface area contributed by atoms with Gasteiger partial charge in [-0.1, -0.05) is 19.4 Å². The Morgan fingerprint density at radius 1 is 1.04 bits per heavy atom. The number of allylic oxidation sites excluding steroid dienone is 1. The van der Waals surface area contributed by atoms with Gasteiger partial charge in [0.25, 0.3) is 0 Å². The standard InChI is InChI=1S/C21H30O2/c1-13(22)17-6-7-18-16-5-4-14-12-15(23)8-10-20(14,2)19(16)9-11-21(17,18)3/h12,16-19H,4-11H2,1-3H3/t16-,17+,18-,19+,20+,21?/m0/s1. The van der Waals surface area contributed by atoms with Crippen LogP contribution in [0, 0.1) is 34.5 Å². The number of fused-ring (bicyclic) bond motifs is 5. The molecule has 0 radical (unpaired) electrons.